The molecule has 0 bridgehead atoms. The lowest BCUT2D eigenvalue weighted by Crippen LogP contribution is -2.18. The van der Waals surface area contributed by atoms with Gasteiger partial charge in [0.25, 0.3) is 5.91 Å². The molecule has 3 aromatic heterocycles. The average Bonchev–Trinajstić information content (AvgIpc) is 3.22. The number of benzene rings is 2. The molecule has 30 heavy (non-hydrogen) atoms. The fourth-order valence-corrected chi connectivity index (χ4v) is 3.46. The third-order valence-corrected chi connectivity index (χ3v) is 4.93. The highest BCUT2D eigenvalue weighted by molar-refractivity contribution is 6.07. The second-order valence-corrected chi connectivity index (χ2v) is 6.80. The zero-order valence-corrected chi connectivity index (χ0v) is 15.9. The van der Waals surface area contributed by atoms with Crippen LogP contribution in [0.2, 0.25) is 0 Å². The van der Waals surface area contributed by atoms with Gasteiger partial charge in [-0.15, -0.1) is 0 Å². The van der Waals surface area contributed by atoms with Crippen LogP contribution in [0.25, 0.3) is 33.1 Å². The zero-order chi connectivity index (χ0) is 20.3. The third kappa shape index (κ3) is 3.31. The molecule has 2 N–H and O–H groups in total. The summed E-state index contributed by atoms with van der Waals surface area (Å²) in [6.45, 7) is 0. The van der Waals surface area contributed by atoms with Crippen LogP contribution in [-0.4, -0.2) is 27.1 Å². The number of hydrogen-bond donors (Lipinski definition) is 2. The lowest BCUT2D eigenvalue weighted by Gasteiger charge is -2.08. The number of para-hydroxylation sites is 2. The van der Waals surface area contributed by atoms with Gasteiger partial charge in [-0.25, -0.2) is 10.4 Å². The van der Waals surface area contributed by atoms with Crippen LogP contribution >= 0.6 is 0 Å². The predicted molar refractivity (Wildman–Crippen MR) is 118 cm³/mol. The number of aromatic nitrogens is 3. The van der Waals surface area contributed by atoms with Crippen LogP contribution in [0.15, 0.2) is 90.4 Å². The first-order chi connectivity index (χ1) is 14.8. The van der Waals surface area contributed by atoms with Gasteiger partial charge in [0.2, 0.25) is 0 Å². The van der Waals surface area contributed by atoms with Gasteiger partial charge in [0.15, 0.2) is 0 Å². The lowest BCUT2D eigenvalue weighted by molar-refractivity contribution is 0.0956. The van der Waals surface area contributed by atoms with Gasteiger partial charge in [-0.05, 0) is 30.3 Å². The Bertz CT molecular complexity index is 1390. The van der Waals surface area contributed by atoms with Crippen LogP contribution < -0.4 is 5.43 Å². The Morgan fingerprint density at radius 1 is 0.967 bits per heavy atom. The van der Waals surface area contributed by atoms with Crippen molar-refractivity contribution < 1.29 is 4.79 Å². The summed E-state index contributed by atoms with van der Waals surface area (Å²) in [5.41, 5.74) is 7.45. The molecule has 0 radical (unpaired) electrons. The third-order valence-electron chi connectivity index (χ3n) is 4.93. The fraction of sp³-hybridized carbons (Fsp3) is 0. The molecule has 0 unspecified atom stereocenters. The number of hydrazone groups is 1. The van der Waals surface area contributed by atoms with E-state index in [2.05, 4.69) is 20.5 Å². The van der Waals surface area contributed by atoms with Crippen LogP contribution in [0.5, 0.6) is 0 Å². The number of H-pyrrole nitrogens is 1. The van der Waals surface area contributed by atoms with Crippen molar-refractivity contribution in [3.8, 4) is 11.3 Å². The van der Waals surface area contributed by atoms with Gasteiger partial charge in [-0.3, -0.25) is 9.78 Å². The molecular weight excluding hydrogens is 374 g/mol. The number of hydrogen-bond acceptors (Lipinski definition) is 4. The van der Waals surface area contributed by atoms with Crippen molar-refractivity contribution in [2.45, 2.75) is 0 Å². The largest absolute Gasteiger partial charge is 0.361 e. The number of fused-ring (bicyclic) bond motifs is 2. The van der Waals surface area contributed by atoms with Crippen LogP contribution in [0.3, 0.4) is 0 Å². The number of nitrogens with one attached hydrogen (secondary N) is 2. The quantitative estimate of drug-likeness (QED) is 0.348. The number of pyridine rings is 2. The van der Waals surface area contributed by atoms with Gasteiger partial charge < -0.3 is 4.98 Å². The van der Waals surface area contributed by atoms with E-state index < -0.39 is 0 Å². The molecule has 0 aliphatic rings. The summed E-state index contributed by atoms with van der Waals surface area (Å²) in [4.78, 5) is 24.9. The molecule has 0 atom stereocenters. The lowest BCUT2D eigenvalue weighted by atomic mass is 10.0. The van der Waals surface area contributed by atoms with E-state index >= 15 is 0 Å². The summed E-state index contributed by atoms with van der Waals surface area (Å²) in [5.74, 6) is -0.292. The van der Waals surface area contributed by atoms with E-state index in [0.29, 0.717) is 11.3 Å². The normalized spacial score (nSPS) is 11.3. The molecule has 5 rings (SSSR count). The van der Waals surface area contributed by atoms with Crippen molar-refractivity contribution in [2.75, 3.05) is 0 Å². The maximum Gasteiger partial charge on any atom is 0.272 e. The molecule has 6 nitrogen and oxygen atoms in total. The molecule has 6 heteroatoms. The van der Waals surface area contributed by atoms with Crippen molar-refractivity contribution in [3.05, 3.63) is 96.4 Å². The Balaban J connectivity index is 1.48. The highest BCUT2D eigenvalue weighted by atomic mass is 16.2. The Morgan fingerprint density at radius 3 is 2.60 bits per heavy atom. The Morgan fingerprint density at radius 2 is 1.73 bits per heavy atom. The molecule has 3 heterocycles. The van der Waals surface area contributed by atoms with Crippen LogP contribution in [-0.2, 0) is 0 Å². The van der Waals surface area contributed by atoms with Crippen molar-refractivity contribution in [3.63, 3.8) is 0 Å². The highest BCUT2D eigenvalue weighted by Crippen LogP contribution is 2.24. The molecule has 2 aromatic carbocycles. The molecule has 0 saturated carbocycles. The highest BCUT2D eigenvalue weighted by Gasteiger charge is 2.13. The minimum atomic E-state index is -0.292. The van der Waals surface area contributed by atoms with Crippen molar-refractivity contribution in [1.82, 2.24) is 20.4 Å². The van der Waals surface area contributed by atoms with Gasteiger partial charge in [-0.2, -0.15) is 5.10 Å². The van der Waals surface area contributed by atoms with Gasteiger partial charge >= 0.3 is 0 Å². The maximum absolute atomic E-state index is 13.0. The first kappa shape index (κ1) is 17.8. The van der Waals surface area contributed by atoms with E-state index in [9.17, 15) is 4.79 Å². The first-order valence-corrected chi connectivity index (χ1v) is 9.49. The molecule has 0 aliphatic carbocycles. The number of nitrogens with zero attached hydrogens (tertiary/aromatic N) is 3. The van der Waals surface area contributed by atoms with E-state index in [1.807, 2.05) is 66.9 Å². The minimum absolute atomic E-state index is 0.292. The van der Waals surface area contributed by atoms with Gasteiger partial charge in [0.1, 0.15) is 0 Å². The van der Waals surface area contributed by atoms with Crippen LogP contribution in [0, 0.1) is 0 Å². The summed E-state index contributed by atoms with van der Waals surface area (Å²) in [7, 11) is 0. The molecule has 0 fully saturated rings. The summed E-state index contributed by atoms with van der Waals surface area (Å²) in [5, 5.41) is 5.99. The van der Waals surface area contributed by atoms with Crippen molar-refractivity contribution in [1.29, 1.82) is 0 Å². The SMILES string of the molecule is O=C(NN=Cc1c[nH]c2ccccc12)c1cc(-c2ccncc2)nc2ccccc12. The fourth-order valence-electron chi connectivity index (χ4n) is 3.46. The van der Waals surface area contributed by atoms with E-state index in [-0.39, 0.29) is 5.91 Å². The maximum atomic E-state index is 13.0. The summed E-state index contributed by atoms with van der Waals surface area (Å²) >= 11 is 0. The molecule has 5 aromatic rings. The van der Waals surface area contributed by atoms with E-state index in [4.69, 9.17) is 4.98 Å². The topological polar surface area (TPSA) is 83.0 Å². The Hall–Kier alpha value is -4.32. The Kier molecular flexibility index (Phi) is 4.50. The second kappa shape index (κ2) is 7.60. The number of rotatable bonds is 4. The summed E-state index contributed by atoms with van der Waals surface area (Å²) in [6, 6.07) is 21.0. The van der Waals surface area contributed by atoms with E-state index in [1.54, 1.807) is 24.7 Å². The first-order valence-electron chi connectivity index (χ1n) is 9.49. The van der Waals surface area contributed by atoms with Crippen molar-refractivity contribution in [2.24, 2.45) is 5.10 Å². The van der Waals surface area contributed by atoms with Crippen LogP contribution in [0.1, 0.15) is 15.9 Å². The number of amides is 1. The summed E-state index contributed by atoms with van der Waals surface area (Å²) in [6.07, 6.45) is 6.92. The zero-order valence-electron chi connectivity index (χ0n) is 15.9. The predicted octanol–water partition coefficient (Wildman–Crippen LogP) is 4.54. The van der Waals surface area contributed by atoms with Gasteiger partial charge in [0.05, 0.1) is 23.0 Å². The van der Waals surface area contributed by atoms with Gasteiger partial charge in [-0.1, -0.05) is 36.4 Å². The van der Waals surface area contributed by atoms with E-state index in [0.717, 1.165) is 32.9 Å². The molecule has 0 spiro atoms. The van der Waals surface area contributed by atoms with Crippen LogP contribution in [0.4, 0.5) is 0 Å². The molecule has 0 aliphatic heterocycles. The monoisotopic (exact) mass is 391 g/mol. The average molecular weight is 391 g/mol. The van der Waals surface area contributed by atoms with E-state index in [1.165, 1.54) is 0 Å². The number of aromatic amines is 1. The molecule has 0 saturated heterocycles. The molecular formula is C24H17N5O. The molecule has 1 amide bonds. The molecule has 144 valence electrons. The minimum Gasteiger partial charge on any atom is -0.361 e. The second-order valence-electron chi connectivity index (χ2n) is 6.80. The smallest absolute Gasteiger partial charge is 0.272 e. The summed E-state index contributed by atoms with van der Waals surface area (Å²) < 4.78 is 0. The number of carbonyl (C=O) groups excluding carboxylic acids is 1. The standard InChI is InChI=1S/C24H17N5O/c30-24(29-27-15-17-14-26-21-7-3-1-5-18(17)21)20-13-23(16-9-11-25-12-10-16)28-22-8-4-2-6-19(20)22/h1-15,26H,(H,29,30). The van der Waals surface area contributed by atoms with Gasteiger partial charge in [0, 0.05) is 46.0 Å². The Labute approximate surface area is 172 Å². The number of carbonyl (C=O) groups is 1. The van der Waals surface area contributed by atoms with Crippen molar-refractivity contribution >= 4 is 33.9 Å².